The van der Waals surface area contributed by atoms with Crippen molar-refractivity contribution in [2.75, 3.05) is 13.1 Å². The van der Waals surface area contributed by atoms with Crippen molar-refractivity contribution in [1.29, 1.82) is 0 Å². The predicted octanol–water partition coefficient (Wildman–Crippen LogP) is 1.46. The van der Waals surface area contributed by atoms with Crippen molar-refractivity contribution in [3.05, 3.63) is 71.8 Å². The molecule has 0 aromatic heterocycles. The molecular formula is C28H39N3O6. The summed E-state index contributed by atoms with van der Waals surface area (Å²) in [6.45, 7) is 3.76. The fourth-order valence-corrected chi connectivity index (χ4v) is 4.70. The molecule has 2 aromatic carbocycles. The van der Waals surface area contributed by atoms with Crippen molar-refractivity contribution in [3.63, 3.8) is 0 Å². The summed E-state index contributed by atoms with van der Waals surface area (Å²) in [7, 11) is 0. The number of nitrogens with one attached hydrogen (secondary N) is 3. The fourth-order valence-electron chi connectivity index (χ4n) is 4.70. The number of carboxylic acid groups (broad SMARTS) is 1. The minimum absolute atomic E-state index is 0.0256. The summed E-state index contributed by atoms with van der Waals surface area (Å²) in [6, 6.07) is 17.3. The molecule has 9 heteroatoms. The maximum atomic E-state index is 13.0. The van der Waals surface area contributed by atoms with Gasteiger partial charge in [0, 0.05) is 18.5 Å². The fraction of sp³-hybridized carbons (Fsp3) is 0.500. The van der Waals surface area contributed by atoms with Crippen molar-refractivity contribution < 1.29 is 30.0 Å². The zero-order valence-electron chi connectivity index (χ0n) is 21.4. The van der Waals surface area contributed by atoms with Crippen molar-refractivity contribution in [1.82, 2.24) is 16.0 Å². The summed E-state index contributed by atoms with van der Waals surface area (Å²) >= 11 is 0. The minimum Gasteiger partial charge on any atom is -0.465 e. The van der Waals surface area contributed by atoms with Gasteiger partial charge in [0.05, 0.1) is 24.3 Å². The Bertz CT molecular complexity index is 1020. The van der Waals surface area contributed by atoms with E-state index in [1.807, 2.05) is 74.5 Å². The predicted molar refractivity (Wildman–Crippen MR) is 140 cm³/mol. The van der Waals surface area contributed by atoms with Crippen LogP contribution in [0.2, 0.25) is 0 Å². The number of aliphatic hydroxyl groups is 3. The van der Waals surface area contributed by atoms with Gasteiger partial charge < -0.3 is 36.4 Å². The molecule has 1 fully saturated rings. The highest BCUT2D eigenvalue weighted by atomic mass is 16.4. The number of hydrogen-bond acceptors (Lipinski definition) is 6. The van der Waals surface area contributed by atoms with Crippen LogP contribution in [0.25, 0.3) is 0 Å². The maximum absolute atomic E-state index is 13.0. The molecular weight excluding hydrogens is 474 g/mol. The monoisotopic (exact) mass is 513 g/mol. The van der Waals surface area contributed by atoms with Gasteiger partial charge in [0.25, 0.3) is 5.91 Å². The van der Waals surface area contributed by atoms with Crippen molar-refractivity contribution in [2.45, 2.75) is 69.4 Å². The molecule has 5 atom stereocenters. The zero-order chi connectivity index (χ0) is 27.1. The molecule has 1 aliphatic rings. The minimum atomic E-state index is -1.49. The Morgan fingerprint density at radius 2 is 1.27 bits per heavy atom. The molecule has 2 unspecified atom stereocenters. The van der Waals surface area contributed by atoms with Crippen molar-refractivity contribution in [2.24, 2.45) is 5.41 Å². The van der Waals surface area contributed by atoms with Gasteiger partial charge in [0.15, 0.2) is 0 Å². The standard InChI is InChI=1S/C28H39N3O6/c1-27(2)13-14-28(27,37)25(34)30-21(15-19-9-5-3-6-10-19)23(32)17-29-18-24(33)22(31-26(35)36)16-20-11-7-4-8-12-20/h3-12,21-24,29,31-33,37H,13-18H2,1-2H3,(H,30,34)(H,35,36)/t21-,22-,23?,24+,28?/m0/s1. The number of hydrogen-bond donors (Lipinski definition) is 7. The Labute approximate surface area is 217 Å². The van der Waals surface area contributed by atoms with Gasteiger partial charge in [-0.25, -0.2) is 4.79 Å². The zero-order valence-corrected chi connectivity index (χ0v) is 21.4. The lowest BCUT2D eigenvalue weighted by Crippen LogP contribution is -2.65. The first-order valence-corrected chi connectivity index (χ1v) is 12.7. The number of benzene rings is 2. The Kier molecular flexibility index (Phi) is 9.67. The van der Waals surface area contributed by atoms with Crippen LogP contribution in [-0.2, 0) is 17.6 Å². The number of rotatable bonds is 13. The normalized spacial score (nSPS) is 21.6. The molecule has 0 radical (unpaired) electrons. The molecule has 9 nitrogen and oxygen atoms in total. The van der Waals surface area contributed by atoms with Crippen molar-refractivity contribution in [3.8, 4) is 0 Å². The number of aliphatic hydroxyl groups excluding tert-OH is 2. The Morgan fingerprint density at radius 1 is 0.811 bits per heavy atom. The maximum Gasteiger partial charge on any atom is 0.404 e. The van der Waals surface area contributed by atoms with E-state index < -0.39 is 47.3 Å². The average Bonchev–Trinajstić information content (AvgIpc) is 2.87. The summed E-state index contributed by atoms with van der Waals surface area (Å²) in [5.74, 6) is -0.502. The summed E-state index contributed by atoms with van der Waals surface area (Å²) in [5, 5.41) is 50.0. The lowest BCUT2D eigenvalue weighted by molar-refractivity contribution is -0.179. The van der Waals surface area contributed by atoms with E-state index in [-0.39, 0.29) is 13.1 Å². The second-order valence-corrected chi connectivity index (χ2v) is 10.6. The molecule has 0 spiro atoms. The molecule has 37 heavy (non-hydrogen) atoms. The quantitative estimate of drug-likeness (QED) is 0.214. The molecule has 0 bridgehead atoms. The Morgan fingerprint density at radius 3 is 1.65 bits per heavy atom. The summed E-state index contributed by atoms with van der Waals surface area (Å²) in [4.78, 5) is 24.3. The highest BCUT2D eigenvalue weighted by Crippen LogP contribution is 2.49. The van der Waals surface area contributed by atoms with Gasteiger partial charge in [-0.2, -0.15) is 0 Å². The average molecular weight is 514 g/mol. The summed E-state index contributed by atoms with van der Waals surface area (Å²) in [6.07, 6.45) is -1.56. The topological polar surface area (TPSA) is 151 Å². The van der Waals surface area contributed by atoms with Gasteiger partial charge in [-0.15, -0.1) is 0 Å². The van der Waals surface area contributed by atoms with Crippen LogP contribution < -0.4 is 16.0 Å². The van der Waals surface area contributed by atoms with E-state index in [1.54, 1.807) is 0 Å². The third-order valence-corrected chi connectivity index (χ3v) is 7.47. The van der Waals surface area contributed by atoms with Crippen molar-refractivity contribution >= 4 is 12.0 Å². The molecule has 2 amide bonds. The van der Waals surface area contributed by atoms with Gasteiger partial charge in [-0.3, -0.25) is 4.79 Å². The van der Waals surface area contributed by atoms with Crippen LogP contribution >= 0.6 is 0 Å². The van der Waals surface area contributed by atoms with Crippen LogP contribution in [-0.4, -0.2) is 75.4 Å². The van der Waals surface area contributed by atoms with E-state index in [1.165, 1.54) is 0 Å². The molecule has 202 valence electrons. The lowest BCUT2D eigenvalue weighted by atomic mass is 9.58. The van der Waals surface area contributed by atoms with Crippen LogP contribution in [0.15, 0.2) is 60.7 Å². The highest BCUT2D eigenvalue weighted by molar-refractivity contribution is 5.87. The molecule has 0 heterocycles. The van der Waals surface area contributed by atoms with Crippen LogP contribution in [0, 0.1) is 5.41 Å². The Hall–Kier alpha value is -2.98. The molecule has 2 aromatic rings. The first-order valence-electron chi connectivity index (χ1n) is 12.7. The van der Waals surface area contributed by atoms with E-state index >= 15 is 0 Å². The second-order valence-electron chi connectivity index (χ2n) is 10.6. The Balaban J connectivity index is 1.61. The molecule has 1 saturated carbocycles. The lowest BCUT2D eigenvalue weighted by Gasteiger charge is -2.51. The first-order chi connectivity index (χ1) is 17.5. The highest BCUT2D eigenvalue weighted by Gasteiger charge is 2.57. The smallest absolute Gasteiger partial charge is 0.404 e. The van der Waals surface area contributed by atoms with Gasteiger partial charge >= 0.3 is 6.09 Å². The molecule has 1 aliphatic carbocycles. The molecule has 3 rings (SSSR count). The third kappa shape index (κ3) is 7.52. The van der Waals surface area contributed by atoms with E-state index in [0.29, 0.717) is 19.3 Å². The second kappa shape index (κ2) is 12.5. The molecule has 7 N–H and O–H groups in total. The summed E-state index contributed by atoms with van der Waals surface area (Å²) in [5.41, 5.74) is -0.242. The van der Waals surface area contributed by atoms with Gasteiger partial charge in [-0.05, 0) is 36.8 Å². The van der Waals surface area contributed by atoms with Crippen LogP contribution in [0.4, 0.5) is 4.79 Å². The SMILES string of the molecule is CC1(C)CCC1(O)C(=O)N[C@@H](Cc1ccccc1)C(O)CNC[C@@H](O)[C@H](Cc1ccccc1)NC(=O)O. The van der Waals surface area contributed by atoms with Gasteiger partial charge in [0.2, 0.25) is 0 Å². The van der Waals surface area contributed by atoms with Gasteiger partial charge in [0.1, 0.15) is 5.60 Å². The number of carbonyl (C=O) groups excluding carboxylic acids is 1. The number of carbonyl (C=O) groups is 2. The van der Waals surface area contributed by atoms with Crippen LogP contribution in [0.5, 0.6) is 0 Å². The third-order valence-electron chi connectivity index (χ3n) is 7.47. The largest absolute Gasteiger partial charge is 0.465 e. The van der Waals surface area contributed by atoms with E-state index in [2.05, 4.69) is 16.0 Å². The van der Waals surface area contributed by atoms with Crippen LogP contribution in [0.1, 0.15) is 37.8 Å². The van der Waals surface area contributed by atoms with Gasteiger partial charge in [-0.1, -0.05) is 74.5 Å². The first kappa shape index (κ1) is 28.6. The van der Waals surface area contributed by atoms with E-state index in [0.717, 1.165) is 17.5 Å². The molecule has 0 aliphatic heterocycles. The van der Waals surface area contributed by atoms with E-state index in [9.17, 15) is 30.0 Å². The molecule has 0 saturated heterocycles. The summed E-state index contributed by atoms with van der Waals surface area (Å²) < 4.78 is 0. The van der Waals surface area contributed by atoms with E-state index in [4.69, 9.17) is 0 Å². The number of amides is 2. The van der Waals surface area contributed by atoms with Crippen LogP contribution in [0.3, 0.4) is 0 Å².